The number of carbonyl (C=O) groups excluding carboxylic acids is 1. The van der Waals surface area contributed by atoms with Gasteiger partial charge in [0.15, 0.2) is 11.5 Å². The van der Waals surface area contributed by atoms with Crippen LogP contribution in [0.2, 0.25) is 0 Å². The van der Waals surface area contributed by atoms with Crippen molar-refractivity contribution >= 4 is 5.91 Å². The number of benzene rings is 1. The Balaban J connectivity index is 1.49. The Hall–Kier alpha value is -4.00. The highest BCUT2D eigenvalue weighted by atomic mass is 19.1. The maximum atomic E-state index is 13.0. The lowest BCUT2D eigenvalue weighted by molar-refractivity contribution is 0.0957. The molecule has 2 heterocycles. The van der Waals surface area contributed by atoms with Gasteiger partial charge in [0.2, 0.25) is 0 Å². The van der Waals surface area contributed by atoms with Crippen LogP contribution in [-0.2, 0) is 6.54 Å². The van der Waals surface area contributed by atoms with Gasteiger partial charge in [0, 0.05) is 24.7 Å². The Bertz CT molecular complexity index is 1120. The molecular formula is C23H19FN4O2. The minimum absolute atomic E-state index is 0.108. The zero-order valence-corrected chi connectivity index (χ0v) is 16.0. The predicted octanol–water partition coefficient (Wildman–Crippen LogP) is 4.12. The smallest absolute Gasteiger partial charge is 0.277 e. The molecule has 1 aliphatic rings. The largest absolute Gasteiger partial charge is 0.382 e. The summed E-state index contributed by atoms with van der Waals surface area (Å²) in [6.07, 6.45) is 9.37. The van der Waals surface area contributed by atoms with Crippen molar-refractivity contribution in [1.29, 1.82) is 0 Å². The number of nitrogens with one attached hydrogen (secondary N) is 2. The summed E-state index contributed by atoms with van der Waals surface area (Å²) < 4.78 is 18.2. The van der Waals surface area contributed by atoms with Crippen molar-refractivity contribution in [2.45, 2.75) is 13.0 Å². The van der Waals surface area contributed by atoms with Crippen molar-refractivity contribution < 1.29 is 13.7 Å². The van der Waals surface area contributed by atoms with Crippen molar-refractivity contribution in [3.05, 3.63) is 108 Å². The molecule has 1 aromatic carbocycles. The van der Waals surface area contributed by atoms with Crippen LogP contribution in [0.15, 0.2) is 94.9 Å². The van der Waals surface area contributed by atoms with Crippen molar-refractivity contribution in [2.24, 2.45) is 0 Å². The summed E-state index contributed by atoms with van der Waals surface area (Å²) in [4.78, 5) is 16.6. The molecule has 30 heavy (non-hydrogen) atoms. The highest BCUT2D eigenvalue weighted by molar-refractivity contribution is 5.94. The average molecular weight is 402 g/mol. The van der Waals surface area contributed by atoms with Crippen LogP contribution in [0.1, 0.15) is 22.5 Å². The van der Waals surface area contributed by atoms with Gasteiger partial charge in [0.05, 0.1) is 11.9 Å². The first kappa shape index (κ1) is 19.3. The van der Waals surface area contributed by atoms with E-state index in [1.165, 1.54) is 18.2 Å². The van der Waals surface area contributed by atoms with Crippen LogP contribution < -0.4 is 10.6 Å². The second kappa shape index (κ2) is 9.00. The summed E-state index contributed by atoms with van der Waals surface area (Å²) in [6, 6.07) is 14.2. The highest BCUT2D eigenvalue weighted by Crippen LogP contribution is 2.19. The third kappa shape index (κ3) is 4.70. The normalized spacial score (nSPS) is 13.2. The topological polar surface area (TPSA) is 80.0 Å². The zero-order chi connectivity index (χ0) is 20.8. The number of carbonyl (C=O) groups is 1. The Morgan fingerprint density at radius 3 is 2.80 bits per heavy atom. The summed E-state index contributed by atoms with van der Waals surface area (Å²) >= 11 is 0. The summed E-state index contributed by atoms with van der Waals surface area (Å²) in [6.45, 7) is 0.640. The zero-order valence-electron chi connectivity index (χ0n) is 16.0. The molecule has 150 valence electrons. The van der Waals surface area contributed by atoms with Crippen LogP contribution in [0.5, 0.6) is 0 Å². The molecule has 0 saturated carbocycles. The van der Waals surface area contributed by atoms with E-state index >= 15 is 0 Å². The molecule has 6 nitrogen and oxygen atoms in total. The van der Waals surface area contributed by atoms with E-state index < -0.39 is 11.7 Å². The van der Waals surface area contributed by atoms with E-state index in [1.54, 1.807) is 0 Å². The molecule has 0 radical (unpaired) electrons. The van der Waals surface area contributed by atoms with Gasteiger partial charge in [0.25, 0.3) is 5.91 Å². The van der Waals surface area contributed by atoms with E-state index in [1.807, 2.05) is 54.6 Å². The average Bonchev–Trinajstić information content (AvgIpc) is 3.16. The lowest BCUT2D eigenvalue weighted by atomic mass is 10.2. The Kier molecular flexibility index (Phi) is 5.80. The number of amides is 1. The van der Waals surface area contributed by atoms with Gasteiger partial charge in [0.1, 0.15) is 11.5 Å². The standard InChI is InChI=1S/C23H19FN4O2/c24-17-11-12-20(26-15-17)22-13-21(28-30-22)23(29)27-19-10-6-2-5-9-18(19)25-14-16-7-3-1-4-8-16/h1-8,10-13,15,25H,9,14H2,(H,27,29). The van der Waals surface area contributed by atoms with Gasteiger partial charge in [-0.2, -0.15) is 0 Å². The van der Waals surface area contributed by atoms with Crippen LogP contribution in [0.3, 0.4) is 0 Å². The van der Waals surface area contributed by atoms with Crippen LogP contribution in [-0.4, -0.2) is 16.0 Å². The number of allylic oxidation sites excluding steroid dienone is 4. The van der Waals surface area contributed by atoms with E-state index in [0.717, 1.165) is 17.5 Å². The number of nitrogens with zero attached hydrogens (tertiary/aromatic N) is 2. The Morgan fingerprint density at radius 2 is 2.00 bits per heavy atom. The minimum Gasteiger partial charge on any atom is -0.382 e. The maximum absolute atomic E-state index is 13.0. The minimum atomic E-state index is -0.451. The molecular weight excluding hydrogens is 383 g/mol. The van der Waals surface area contributed by atoms with Gasteiger partial charge >= 0.3 is 0 Å². The molecule has 3 aromatic rings. The molecule has 1 amide bonds. The van der Waals surface area contributed by atoms with Gasteiger partial charge in [-0.15, -0.1) is 0 Å². The Morgan fingerprint density at radius 1 is 1.13 bits per heavy atom. The maximum Gasteiger partial charge on any atom is 0.277 e. The van der Waals surface area contributed by atoms with Gasteiger partial charge in [-0.25, -0.2) is 9.37 Å². The predicted molar refractivity (Wildman–Crippen MR) is 110 cm³/mol. The van der Waals surface area contributed by atoms with E-state index in [2.05, 4.69) is 20.8 Å². The van der Waals surface area contributed by atoms with E-state index in [9.17, 15) is 9.18 Å². The third-order valence-corrected chi connectivity index (χ3v) is 4.48. The van der Waals surface area contributed by atoms with Crippen LogP contribution in [0.25, 0.3) is 11.5 Å². The number of rotatable bonds is 6. The molecule has 7 heteroatoms. The highest BCUT2D eigenvalue weighted by Gasteiger charge is 2.17. The van der Waals surface area contributed by atoms with Gasteiger partial charge in [-0.1, -0.05) is 53.7 Å². The van der Waals surface area contributed by atoms with Crippen LogP contribution in [0.4, 0.5) is 4.39 Å². The summed E-state index contributed by atoms with van der Waals surface area (Å²) in [5.41, 5.74) is 3.19. The van der Waals surface area contributed by atoms with E-state index in [4.69, 9.17) is 4.52 Å². The SMILES string of the molecule is O=C(NC1=C(NCc2ccccc2)CC=CC=C1)c1cc(-c2ccc(F)cn2)on1. The monoisotopic (exact) mass is 402 g/mol. The van der Waals surface area contributed by atoms with Crippen molar-refractivity contribution in [3.63, 3.8) is 0 Å². The fourth-order valence-electron chi connectivity index (χ4n) is 2.93. The van der Waals surface area contributed by atoms with Gasteiger partial charge in [-0.3, -0.25) is 4.79 Å². The number of aromatic nitrogens is 2. The first-order valence-corrected chi connectivity index (χ1v) is 9.43. The van der Waals surface area contributed by atoms with Gasteiger partial charge in [-0.05, 0) is 23.8 Å². The van der Waals surface area contributed by atoms with Crippen molar-refractivity contribution in [1.82, 2.24) is 20.8 Å². The molecule has 4 rings (SSSR count). The molecule has 2 N–H and O–H groups in total. The number of hydrogen-bond donors (Lipinski definition) is 2. The lowest BCUT2D eigenvalue weighted by Crippen LogP contribution is -2.26. The van der Waals surface area contributed by atoms with Crippen molar-refractivity contribution in [2.75, 3.05) is 0 Å². The lowest BCUT2D eigenvalue weighted by Gasteiger charge is -2.14. The third-order valence-electron chi connectivity index (χ3n) is 4.48. The number of halogens is 1. The first-order valence-electron chi connectivity index (χ1n) is 9.43. The Labute approximate surface area is 172 Å². The molecule has 0 saturated heterocycles. The fraction of sp³-hybridized carbons (Fsp3) is 0.0870. The van der Waals surface area contributed by atoms with Crippen LogP contribution in [0, 0.1) is 5.82 Å². The molecule has 0 atom stereocenters. The second-order valence-corrected chi connectivity index (χ2v) is 6.61. The molecule has 2 aromatic heterocycles. The van der Waals surface area contributed by atoms with E-state index in [0.29, 0.717) is 24.4 Å². The van der Waals surface area contributed by atoms with Crippen LogP contribution >= 0.6 is 0 Å². The quantitative estimate of drug-likeness (QED) is 0.648. The molecule has 0 bridgehead atoms. The first-order chi connectivity index (χ1) is 14.7. The number of hydrogen-bond acceptors (Lipinski definition) is 5. The van der Waals surface area contributed by atoms with Crippen molar-refractivity contribution in [3.8, 4) is 11.5 Å². The summed E-state index contributed by atoms with van der Waals surface area (Å²) in [7, 11) is 0. The summed E-state index contributed by atoms with van der Waals surface area (Å²) in [5.74, 6) is -0.574. The number of pyridine rings is 1. The molecule has 0 spiro atoms. The van der Waals surface area contributed by atoms with E-state index in [-0.39, 0.29) is 11.5 Å². The molecule has 0 fully saturated rings. The summed E-state index contributed by atoms with van der Waals surface area (Å²) in [5, 5.41) is 10.1. The molecule has 1 aliphatic carbocycles. The van der Waals surface area contributed by atoms with Gasteiger partial charge < -0.3 is 15.2 Å². The molecule has 0 unspecified atom stereocenters. The fourth-order valence-corrected chi connectivity index (χ4v) is 2.93. The second-order valence-electron chi connectivity index (χ2n) is 6.61. The molecule has 0 aliphatic heterocycles.